The molecule has 1 aliphatic rings. The molecular formula is C18H23FN4O2. The normalized spacial score (nSPS) is 18.2. The van der Waals surface area contributed by atoms with Gasteiger partial charge in [-0.1, -0.05) is 23.4 Å². The van der Waals surface area contributed by atoms with Crippen molar-refractivity contribution < 1.29 is 13.7 Å². The van der Waals surface area contributed by atoms with Crippen LogP contribution < -0.4 is 5.32 Å². The molecule has 1 atom stereocenters. The highest BCUT2D eigenvalue weighted by atomic mass is 19.1. The number of amides is 1. The van der Waals surface area contributed by atoms with E-state index in [1.54, 1.807) is 6.07 Å². The Balaban J connectivity index is 1.52. The largest absolute Gasteiger partial charge is 0.352 e. The molecule has 2 aromatic rings. The van der Waals surface area contributed by atoms with Crippen LogP contribution in [0.2, 0.25) is 0 Å². The summed E-state index contributed by atoms with van der Waals surface area (Å²) in [6, 6.07) is 6.97. The predicted molar refractivity (Wildman–Crippen MR) is 90.4 cm³/mol. The van der Waals surface area contributed by atoms with Crippen LogP contribution in [0.1, 0.15) is 41.3 Å². The van der Waals surface area contributed by atoms with Crippen LogP contribution in [0.3, 0.4) is 0 Å². The summed E-state index contributed by atoms with van der Waals surface area (Å²) in [6.07, 6.45) is 3.97. The third kappa shape index (κ3) is 4.63. The molecule has 0 radical (unpaired) electrons. The Morgan fingerprint density at radius 2 is 2.28 bits per heavy atom. The molecule has 25 heavy (non-hydrogen) atoms. The highest BCUT2D eigenvalue weighted by molar-refractivity contribution is 5.89. The lowest BCUT2D eigenvalue weighted by molar-refractivity contribution is 0.0950. The molecule has 0 bridgehead atoms. The van der Waals surface area contributed by atoms with E-state index >= 15 is 0 Å². The number of nitrogens with zero attached hydrogens (tertiary/aromatic N) is 3. The SMILES string of the molecule is CNC(=O)c1noc(CN2CCC[C@H](CCc3ccccc3F)C2)n1. The Labute approximate surface area is 146 Å². The molecule has 3 rings (SSSR count). The highest BCUT2D eigenvalue weighted by Crippen LogP contribution is 2.23. The molecule has 7 heteroatoms. The van der Waals surface area contributed by atoms with Gasteiger partial charge in [-0.15, -0.1) is 0 Å². The maximum Gasteiger partial charge on any atom is 0.292 e. The van der Waals surface area contributed by atoms with Gasteiger partial charge < -0.3 is 9.84 Å². The molecule has 0 spiro atoms. The molecular weight excluding hydrogens is 323 g/mol. The Hall–Kier alpha value is -2.28. The van der Waals surface area contributed by atoms with Crippen molar-refractivity contribution in [2.45, 2.75) is 32.2 Å². The number of piperidine rings is 1. The van der Waals surface area contributed by atoms with Gasteiger partial charge in [0, 0.05) is 13.6 Å². The zero-order chi connectivity index (χ0) is 17.6. The molecule has 2 heterocycles. The van der Waals surface area contributed by atoms with Crippen molar-refractivity contribution in [1.82, 2.24) is 20.4 Å². The zero-order valence-corrected chi connectivity index (χ0v) is 14.4. The summed E-state index contributed by atoms with van der Waals surface area (Å²) >= 11 is 0. The number of aromatic nitrogens is 2. The molecule has 0 aliphatic carbocycles. The Bertz CT molecular complexity index is 719. The first kappa shape index (κ1) is 17.5. The first-order valence-corrected chi connectivity index (χ1v) is 8.66. The van der Waals surface area contributed by atoms with Gasteiger partial charge in [0.1, 0.15) is 5.82 Å². The van der Waals surface area contributed by atoms with Crippen molar-refractivity contribution in [2.24, 2.45) is 5.92 Å². The fraction of sp³-hybridized carbons (Fsp3) is 0.500. The van der Waals surface area contributed by atoms with E-state index in [4.69, 9.17) is 4.52 Å². The van der Waals surface area contributed by atoms with E-state index in [9.17, 15) is 9.18 Å². The monoisotopic (exact) mass is 346 g/mol. The molecule has 1 aromatic heterocycles. The van der Waals surface area contributed by atoms with Crippen molar-refractivity contribution in [1.29, 1.82) is 0 Å². The molecule has 1 fully saturated rings. The smallest absolute Gasteiger partial charge is 0.292 e. The molecule has 0 unspecified atom stereocenters. The molecule has 1 aromatic carbocycles. The number of likely N-dealkylation sites (tertiary alicyclic amines) is 1. The average Bonchev–Trinajstić information content (AvgIpc) is 3.09. The van der Waals surface area contributed by atoms with Crippen LogP contribution in [0.15, 0.2) is 28.8 Å². The maximum atomic E-state index is 13.7. The lowest BCUT2D eigenvalue weighted by Gasteiger charge is -2.31. The second kappa shape index (κ2) is 8.20. The van der Waals surface area contributed by atoms with Crippen LogP contribution in [0, 0.1) is 11.7 Å². The van der Waals surface area contributed by atoms with Crippen LogP contribution in [-0.2, 0) is 13.0 Å². The number of hydrogen-bond acceptors (Lipinski definition) is 5. The summed E-state index contributed by atoms with van der Waals surface area (Å²) in [7, 11) is 1.53. The fourth-order valence-electron chi connectivity index (χ4n) is 3.31. The number of aryl methyl sites for hydroxylation is 1. The molecule has 1 amide bonds. The van der Waals surface area contributed by atoms with Crippen molar-refractivity contribution in [3.8, 4) is 0 Å². The van der Waals surface area contributed by atoms with Crippen LogP contribution >= 0.6 is 0 Å². The van der Waals surface area contributed by atoms with Crippen LogP contribution in [0.4, 0.5) is 4.39 Å². The molecule has 0 saturated carbocycles. The van der Waals surface area contributed by atoms with Gasteiger partial charge in [-0.25, -0.2) is 4.39 Å². The van der Waals surface area contributed by atoms with Crippen molar-refractivity contribution in [3.63, 3.8) is 0 Å². The van der Waals surface area contributed by atoms with Gasteiger partial charge in [-0.2, -0.15) is 4.98 Å². The summed E-state index contributed by atoms with van der Waals surface area (Å²) < 4.78 is 18.9. The Kier molecular flexibility index (Phi) is 5.75. The minimum atomic E-state index is -0.351. The molecule has 1 aliphatic heterocycles. The lowest BCUT2D eigenvalue weighted by Crippen LogP contribution is -2.35. The number of carbonyl (C=O) groups is 1. The van der Waals surface area contributed by atoms with Gasteiger partial charge in [0.2, 0.25) is 5.89 Å². The predicted octanol–water partition coefficient (Wildman–Crippen LogP) is 2.41. The van der Waals surface area contributed by atoms with E-state index in [0.29, 0.717) is 18.4 Å². The number of halogens is 1. The summed E-state index contributed by atoms with van der Waals surface area (Å²) in [5.74, 6) is 0.563. The number of hydrogen-bond donors (Lipinski definition) is 1. The molecule has 6 nitrogen and oxygen atoms in total. The minimum Gasteiger partial charge on any atom is -0.352 e. The highest BCUT2D eigenvalue weighted by Gasteiger charge is 2.22. The maximum absolute atomic E-state index is 13.7. The second-order valence-electron chi connectivity index (χ2n) is 6.46. The summed E-state index contributed by atoms with van der Waals surface area (Å²) in [6.45, 7) is 2.43. The summed E-state index contributed by atoms with van der Waals surface area (Å²) in [4.78, 5) is 17.9. The quantitative estimate of drug-likeness (QED) is 0.870. The van der Waals surface area contributed by atoms with E-state index in [1.807, 2.05) is 12.1 Å². The molecule has 1 saturated heterocycles. The van der Waals surface area contributed by atoms with Gasteiger partial charge in [0.05, 0.1) is 6.54 Å². The van der Waals surface area contributed by atoms with E-state index in [1.165, 1.54) is 13.1 Å². The Morgan fingerprint density at radius 1 is 1.44 bits per heavy atom. The topological polar surface area (TPSA) is 71.3 Å². The van der Waals surface area contributed by atoms with Gasteiger partial charge in [0.15, 0.2) is 0 Å². The lowest BCUT2D eigenvalue weighted by atomic mass is 9.91. The van der Waals surface area contributed by atoms with Crippen molar-refractivity contribution in [2.75, 3.05) is 20.1 Å². The fourth-order valence-corrected chi connectivity index (χ4v) is 3.31. The standard InChI is InChI=1S/C18H23FN4O2/c1-20-18(24)17-21-16(25-22-17)12-23-10-4-5-13(11-23)8-9-14-6-2-3-7-15(14)19/h2-3,6-7,13H,4-5,8-12H2,1H3,(H,20,24)/t13-/m1/s1. The number of carbonyl (C=O) groups excluding carboxylic acids is 1. The number of benzene rings is 1. The molecule has 134 valence electrons. The second-order valence-corrected chi connectivity index (χ2v) is 6.46. The third-order valence-electron chi connectivity index (χ3n) is 4.64. The van der Waals surface area contributed by atoms with E-state index < -0.39 is 0 Å². The number of rotatable bonds is 6. The van der Waals surface area contributed by atoms with Gasteiger partial charge in [-0.3, -0.25) is 9.69 Å². The summed E-state index contributed by atoms with van der Waals surface area (Å²) in [5.41, 5.74) is 0.784. The van der Waals surface area contributed by atoms with Crippen LogP contribution in [0.5, 0.6) is 0 Å². The molecule has 1 N–H and O–H groups in total. The van der Waals surface area contributed by atoms with Gasteiger partial charge >= 0.3 is 0 Å². The minimum absolute atomic E-state index is 0.0608. The van der Waals surface area contributed by atoms with Crippen molar-refractivity contribution in [3.05, 3.63) is 47.4 Å². The van der Waals surface area contributed by atoms with Gasteiger partial charge in [-0.05, 0) is 49.8 Å². The third-order valence-corrected chi connectivity index (χ3v) is 4.64. The van der Waals surface area contributed by atoms with E-state index in [0.717, 1.165) is 44.3 Å². The van der Waals surface area contributed by atoms with E-state index in [-0.39, 0.29) is 17.5 Å². The Morgan fingerprint density at radius 3 is 3.08 bits per heavy atom. The van der Waals surface area contributed by atoms with Gasteiger partial charge in [0.25, 0.3) is 11.7 Å². The zero-order valence-electron chi connectivity index (χ0n) is 14.4. The number of nitrogens with one attached hydrogen (secondary N) is 1. The van der Waals surface area contributed by atoms with Crippen molar-refractivity contribution >= 4 is 5.91 Å². The van der Waals surface area contributed by atoms with E-state index in [2.05, 4.69) is 20.4 Å². The van der Waals surface area contributed by atoms with Crippen LogP contribution in [-0.4, -0.2) is 41.1 Å². The first-order chi connectivity index (χ1) is 12.2. The van der Waals surface area contributed by atoms with Crippen LogP contribution in [0.25, 0.3) is 0 Å². The summed E-state index contributed by atoms with van der Waals surface area (Å²) in [5, 5.41) is 6.16. The first-order valence-electron chi connectivity index (χ1n) is 8.66. The average molecular weight is 346 g/mol.